The van der Waals surface area contributed by atoms with Gasteiger partial charge in [-0.25, -0.2) is 0 Å². The van der Waals surface area contributed by atoms with Gasteiger partial charge in [0.05, 0.1) is 5.69 Å². The second-order valence-electron chi connectivity index (χ2n) is 4.20. The normalized spacial score (nSPS) is 15.5. The lowest BCUT2D eigenvalue weighted by Gasteiger charge is -2.19. The van der Waals surface area contributed by atoms with E-state index in [0.717, 1.165) is 23.2 Å². The molecule has 1 aromatic carbocycles. The smallest absolute Gasteiger partial charge is 0.123 e. The zero-order valence-corrected chi connectivity index (χ0v) is 11.0. The van der Waals surface area contributed by atoms with Gasteiger partial charge in [-0.15, -0.1) is 10.2 Å². The molecule has 1 fully saturated rings. The number of rotatable bonds is 2. The maximum Gasteiger partial charge on any atom is 0.123 e. The summed E-state index contributed by atoms with van der Waals surface area (Å²) >= 11 is 3.65. The summed E-state index contributed by atoms with van der Waals surface area (Å²) in [6.07, 6.45) is 5.99. The lowest BCUT2D eigenvalue weighted by atomic mass is 10.2. The third kappa shape index (κ3) is 2.07. The van der Waals surface area contributed by atoms with Crippen LogP contribution in [0.5, 0.6) is 0 Å². The third-order valence-electron chi connectivity index (χ3n) is 3.09. The Morgan fingerprint density at radius 3 is 2.41 bits per heavy atom. The van der Waals surface area contributed by atoms with E-state index >= 15 is 0 Å². The van der Waals surface area contributed by atoms with Crippen molar-refractivity contribution in [2.24, 2.45) is 0 Å². The van der Waals surface area contributed by atoms with Gasteiger partial charge in [-0.1, -0.05) is 0 Å². The second kappa shape index (κ2) is 4.49. The number of hydrogen-bond acceptors (Lipinski definition) is 3. The minimum atomic E-state index is 1.07. The van der Waals surface area contributed by atoms with Crippen molar-refractivity contribution in [3.05, 3.63) is 35.3 Å². The SMILES string of the molecule is Brc1cc(-n2cnnc2)ccc1N1CCCC1. The van der Waals surface area contributed by atoms with Crippen molar-refractivity contribution < 1.29 is 0 Å². The summed E-state index contributed by atoms with van der Waals surface area (Å²) in [4.78, 5) is 2.42. The molecule has 0 amide bonds. The Bertz CT molecular complexity index is 503. The molecule has 1 aliphatic rings. The van der Waals surface area contributed by atoms with Crippen LogP contribution in [0, 0.1) is 0 Å². The Balaban J connectivity index is 1.94. The first kappa shape index (κ1) is 10.8. The molecule has 5 heteroatoms. The molecular weight excluding hydrogens is 280 g/mol. The molecular formula is C12H13BrN4. The summed E-state index contributed by atoms with van der Waals surface area (Å²) in [6, 6.07) is 6.36. The van der Waals surface area contributed by atoms with E-state index in [4.69, 9.17) is 0 Å². The molecule has 0 aliphatic carbocycles. The average Bonchev–Trinajstić information content (AvgIpc) is 3.02. The van der Waals surface area contributed by atoms with Crippen molar-refractivity contribution in [1.29, 1.82) is 0 Å². The highest BCUT2D eigenvalue weighted by Crippen LogP contribution is 2.30. The highest BCUT2D eigenvalue weighted by atomic mass is 79.9. The predicted octanol–water partition coefficient (Wildman–Crippen LogP) is 2.63. The van der Waals surface area contributed by atoms with Crippen LogP contribution in [0.3, 0.4) is 0 Å². The van der Waals surface area contributed by atoms with Gasteiger partial charge in [0, 0.05) is 23.2 Å². The number of halogens is 1. The maximum atomic E-state index is 3.82. The number of aromatic nitrogens is 3. The lowest BCUT2D eigenvalue weighted by Crippen LogP contribution is -2.18. The first-order valence-electron chi connectivity index (χ1n) is 5.74. The number of hydrogen-bond donors (Lipinski definition) is 0. The Morgan fingerprint density at radius 1 is 1.06 bits per heavy atom. The van der Waals surface area contributed by atoms with Crippen LogP contribution in [0.15, 0.2) is 35.3 Å². The summed E-state index contributed by atoms with van der Waals surface area (Å²) in [6.45, 7) is 2.31. The first-order chi connectivity index (χ1) is 8.34. The molecule has 0 N–H and O–H groups in total. The summed E-state index contributed by atoms with van der Waals surface area (Å²) in [5.74, 6) is 0. The van der Waals surface area contributed by atoms with Gasteiger partial charge < -0.3 is 4.90 Å². The van der Waals surface area contributed by atoms with Crippen molar-refractivity contribution in [3.63, 3.8) is 0 Å². The van der Waals surface area contributed by atoms with Crippen LogP contribution in [0.25, 0.3) is 5.69 Å². The molecule has 1 saturated heterocycles. The average molecular weight is 293 g/mol. The minimum absolute atomic E-state index is 1.07. The molecule has 2 aromatic rings. The molecule has 0 atom stereocenters. The zero-order valence-electron chi connectivity index (χ0n) is 9.38. The Hall–Kier alpha value is -1.36. The quantitative estimate of drug-likeness (QED) is 0.853. The topological polar surface area (TPSA) is 34.0 Å². The van der Waals surface area contributed by atoms with E-state index < -0.39 is 0 Å². The van der Waals surface area contributed by atoms with Crippen LogP contribution in [0.1, 0.15) is 12.8 Å². The number of benzene rings is 1. The van der Waals surface area contributed by atoms with Gasteiger partial charge in [0.1, 0.15) is 12.7 Å². The van der Waals surface area contributed by atoms with Crippen molar-refractivity contribution in [2.45, 2.75) is 12.8 Å². The Morgan fingerprint density at radius 2 is 1.76 bits per heavy atom. The Labute approximate surface area is 108 Å². The first-order valence-corrected chi connectivity index (χ1v) is 6.53. The van der Waals surface area contributed by atoms with Gasteiger partial charge >= 0.3 is 0 Å². The van der Waals surface area contributed by atoms with E-state index in [2.05, 4.69) is 49.2 Å². The van der Waals surface area contributed by atoms with E-state index in [0.29, 0.717) is 0 Å². The van der Waals surface area contributed by atoms with Crippen molar-refractivity contribution in [1.82, 2.24) is 14.8 Å². The van der Waals surface area contributed by atoms with Crippen LogP contribution in [-0.4, -0.2) is 27.9 Å². The van der Waals surface area contributed by atoms with Gasteiger partial charge in [-0.3, -0.25) is 4.57 Å². The molecule has 0 radical (unpaired) electrons. The molecule has 0 saturated carbocycles. The molecule has 2 heterocycles. The molecule has 4 nitrogen and oxygen atoms in total. The fraction of sp³-hybridized carbons (Fsp3) is 0.333. The number of nitrogens with zero attached hydrogens (tertiary/aromatic N) is 4. The summed E-state index contributed by atoms with van der Waals surface area (Å²) in [5, 5.41) is 7.63. The molecule has 3 rings (SSSR count). The molecule has 17 heavy (non-hydrogen) atoms. The van der Waals surface area contributed by atoms with Gasteiger partial charge in [0.2, 0.25) is 0 Å². The van der Waals surface area contributed by atoms with Crippen molar-refractivity contribution >= 4 is 21.6 Å². The number of anilines is 1. The van der Waals surface area contributed by atoms with Gasteiger partial charge in [0.15, 0.2) is 0 Å². The molecule has 1 aliphatic heterocycles. The van der Waals surface area contributed by atoms with Crippen LogP contribution in [0.2, 0.25) is 0 Å². The standard InChI is InChI=1S/C12H13BrN4/c13-11-7-10(17-8-14-15-9-17)3-4-12(11)16-5-1-2-6-16/h3-4,7-9H,1-2,5-6H2. The van der Waals surface area contributed by atoms with E-state index in [9.17, 15) is 0 Å². The fourth-order valence-corrected chi connectivity index (χ4v) is 2.82. The van der Waals surface area contributed by atoms with Gasteiger partial charge in [-0.05, 0) is 47.0 Å². The molecule has 0 spiro atoms. The zero-order chi connectivity index (χ0) is 11.7. The monoisotopic (exact) mass is 292 g/mol. The van der Waals surface area contributed by atoms with E-state index in [1.165, 1.54) is 18.5 Å². The van der Waals surface area contributed by atoms with Crippen molar-refractivity contribution in [3.8, 4) is 5.69 Å². The Kier molecular flexibility index (Phi) is 2.84. The largest absolute Gasteiger partial charge is 0.371 e. The van der Waals surface area contributed by atoms with Crippen LogP contribution < -0.4 is 4.90 Å². The summed E-state index contributed by atoms with van der Waals surface area (Å²) in [5.41, 5.74) is 2.35. The summed E-state index contributed by atoms with van der Waals surface area (Å²) in [7, 11) is 0. The van der Waals surface area contributed by atoms with Crippen molar-refractivity contribution in [2.75, 3.05) is 18.0 Å². The van der Waals surface area contributed by atoms with E-state index in [1.54, 1.807) is 12.7 Å². The fourth-order valence-electron chi connectivity index (χ4n) is 2.20. The molecule has 1 aromatic heterocycles. The minimum Gasteiger partial charge on any atom is -0.371 e. The van der Waals surface area contributed by atoms with Gasteiger partial charge in [-0.2, -0.15) is 0 Å². The van der Waals surface area contributed by atoms with Crippen LogP contribution in [-0.2, 0) is 0 Å². The lowest BCUT2D eigenvalue weighted by molar-refractivity contribution is 0.949. The predicted molar refractivity (Wildman–Crippen MR) is 70.5 cm³/mol. The van der Waals surface area contributed by atoms with Gasteiger partial charge in [0.25, 0.3) is 0 Å². The molecule has 0 unspecified atom stereocenters. The van der Waals surface area contributed by atoms with Crippen LogP contribution >= 0.6 is 15.9 Å². The van der Waals surface area contributed by atoms with Crippen LogP contribution in [0.4, 0.5) is 5.69 Å². The van der Waals surface area contributed by atoms with E-state index in [1.807, 2.05) is 4.57 Å². The van der Waals surface area contributed by atoms with E-state index in [-0.39, 0.29) is 0 Å². The molecule has 88 valence electrons. The molecule has 0 bridgehead atoms. The maximum absolute atomic E-state index is 3.82. The highest BCUT2D eigenvalue weighted by molar-refractivity contribution is 9.10. The summed E-state index contributed by atoms with van der Waals surface area (Å²) < 4.78 is 3.03. The highest BCUT2D eigenvalue weighted by Gasteiger charge is 2.15. The third-order valence-corrected chi connectivity index (χ3v) is 3.73. The second-order valence-corrected chi connectivity index (χ2v) is 5.05.